The molecular weight excluding hydrogens is 319 g/mol. The number of aryl methyl sites for hydroxylation is 1. The maximum Gasteiger partial charge on any atom is 0.279 e. The Kier molecular flexibility index (Phi) is 5.83. The molecule has 0 fully saturated rings. The zero-order chi connectivity index (χ0) is 16.1. The Labute approximate surface area is 140 Å². The van der Waals surface area contributed by atoms with Gasteiger partial charge in [-0.05, 0) is 36.8 Å². The van der Waals surface area contributed by atoms with Crippen LogP contribution in [0.15, 0.2) is 42.5 Å². The van der Waals surface area contributed by atoms with Crippen molar-refractivity contribution in [2.45, 2.75) is 13.5 Å². The zero-order valence-electron chi connectivity index (χ0n) is 12.6. The molecule has 2 aromatic carbocycles. The second-order valence-corrected chi connectivity index (χ2v) is 6.32. The molecule has 0 saturated heterocycles. The number of anilines is 1. The van der Waals surface area contributed by atoms with E-state index in [1.165, 1.54) is 0 Å². The van der Waals surface area contributed by atoms with Crippen molar-refractivity contribution in [3.63, 3.8) is 0 Å². The molecule has 0 aliphatic rings. The molecule has 3 nitrogen and oxygen atoms in total. The summed E-state index contributed by atoms with van der Waals surface area (Å²) >= 11 is 11.8. The van der Waals surface area contributed by atoms with Crippen LogP contribution in [0.1, 0.15) is 11.1 Å². The van der Waals surface area contributed by atoms with Gasteiger partial charge in [-0.25, -0.2) is 0 Å². The van der Waals surface area contributed by atoms with E-state index in [9.17, 15) is 4.79 Å². The number of hydrogen-bond donors (Lipinski definition) is 2. The lowest BCUT2D eigenvalue weighted by Gasteiger charge is -2.15. The molecule has 0 spiro atoms. The molecule has 0 saturated carbocycles. The number of carbonyl (C=O) groups excluding carboxylic acids is 1. The Balaban J connectivity index is 1.91. The summed E-state index contributed by atoms with van der Waals surface area (Å²) in [4.78, 5) is 13.2. The number of amides is 1. The largest absolute Gasteiger partial charge is 0.326 e. The number of nitrogens with one attached hydrogen (secondary N) is 2. The summed E-state index contributed by atoms with van der Waals surface area (Å²) in [6.07, 6.45) is 0. The highest BCUT2D eigenvalue weighted by molar-refractivity contribution is 6.31. The Bertz CT molecular complexity index is 656. The average molecular weight is 338 g/mol. The summed E-state index contributed by atoms with van der Waals surface area (Å²) in [6.45, 7) is 3.09. The van der Waals surface area contributed by atoms with Crippen molar-refractivity contribution < 1.29 is 9.69 Å². The molecule has 1 unspecified atom stereocenters. The minimum Gasteiger partial charge on any atom is -0.326 e. The van der Waals surface area contributed by atoms with Crippen molar-refractivity contribution >= 4 is 34.8 Å². The van der Waals surface area contributed by atoms with Gasteiger partial charge in [-0.2, -0.15) is 0 Å². The van der Waals surface area contributed by atoms with E-state index in [1.807, 2.05) is 50.4 Å². The first-order valence-corrected chi connectivity index (χ1v) is 7.81. The Morgan fingerprint density at radius 2 is 1.73 bits per heavy atom. The first kappa shape index (κ1) is 16.8. The third-order valence-corrected chi connectivity index (χ3v) is 3.84. The number of hydrogen-bond acceptors (Lipinski definition) is 1. The van der Waals surface area contributed by atoms with Gasteiger partial charge in [-0.1, -0.05) is 41.4 Å². The minimum atomic E-state index is -0.0307. The number of carbonyl (C=O) groups is 1. The predicted octanol–water partition coefficient (Wildman–Crippen LogP) is 2.96. The van der Waals surface area contributed by atoms with Gasteiger partial charge in [0.15, 0.2) is 6.54 Å². The lowest BCUT2D eigenvalue weighted by Crippen LogP contribution is -3.08. The maximum absolute atomic E-state index is 12.1. The van der Waals surface area contributed by atoms with Crippen LogP contribution in [0, 0.1) is 6.92 Å². The van der Waals surface area contributed by atoms with E-state index in [1.54, 1.807) is 6.07 Å². The summed E-state index contributed by atoms with van der Waals surface area (Å²) in [7, 11) is 1.99. The topological polar surface area (TPSA) is 33.5 Å². The summed E-state index contributed by atoms with van der Waals surface area (Å²) < 4.78 is 0. The molecule has 0 bridgehead atoms. The molecule has 0 heterocycles. The van der Waals surface area contributed by atoms with Gasteiger partial charge in [0.05, 0.1) is 7.05 Å². The van der Waals surface area contributed by atoms with E-state index in [2.05, 4.69) is 5.32 Å². The van der Waals surface area contributed by atoms with Crippen molar-refractivity contribution in [3.05, 3.63) is 63.6 Å². The molecule has 0 radical (unpaired) electrons. The van der Waals surface area contributed by atoms with Gasteiger partial charge in [0.25, 0.3) is 5.91 Å². The Hall–Kier alpha value is -1.55. The van der Waals surface area contributed by atoms with Crippen molar-refractivity contribution in [1.29, 1.82) is 0 Å². The molecule has 1 atom stereocenters. The molecule has 5 heteroatoms. The normalized spacial score (nSPS) is 12.0. The van der Waals surface area contributed by atoms with E-state index >= 15 is 0 Å². The summed E-state index contributed by atoms with van der Waals surface area (Å²) in [5.74, 6) is -0.0307. The van der Waals surface area contributed by atoms with Crippen LogP contribution in [0.2, 0.25) is 10.0 Å². The van der Waals surface area contributed by atoms with Crippen LogP contribution in [-0.4, -0.2) is 19.5 Å². The first-order valence-electron chi connectivity index (χ1n) is 7.06. The van der Waals surface area contributed by atoms with Crippen LogP contribution < -0.4 is 10.2 Å². The number of quaternary nitrogens is 1. The van der Waals surface area contributed by atoms with Gasteiger partial charge >= 0.3 is 0 Å². The fourth-order valence-electron chi connectivity index (χ4n) is 2.21. The standard InChI is InChI=1S/C17H18Cl2N2O/c1-12-3-6-15(19)9-16(12)20-17(22)11-21(2)10-13-4-7-14(18)8-5-13/h3-9H,10-11H2,1-2H3,(H,20,22)/p+1. The van der Waals surface area contributed by atoms with Crippen LogP contribution >= 0.6 is 23.2 Å². The van der Waals surface area contributed by atoms with Crippen molar-refractivity contribution in [2.24, 2.45) is 0 Å². The van der Waals surface area contributed by atoms with Crippen LogP contribution in [0.3, 0.4) is 0 Å². The average Bonchev–Trinajstić information content (AvgIpc) is 2.45. The molecular formula is C17H19Cl2N2O+. The highest BCUT2D eigenvalue weighted by Gasteiger charge is 2.12. The maximum atomic E-state index is 12.1. The molecule has 116 valence electrons. The van der Waals surface area contributed by atoms with Gasteiger partial charge in [0.1, 0.15) is 6.54 Å². The molecule has 1 amide bonds. The predicted molar refractivity (Wildman–Crippen MR) is 91.7 cm³/mol. The number of likely N-dealkylation sites (N-methyl/N-ethyl adjacent to an activating group) is 1. The Morgan fingerprint density at radius 1 is 1.09 bits per heavy atom. The smallest absolute Gasteiger partial charge is 0.279 e. The van der Waals surface area contributed by atoms with E-state index in [0.717, 1.165) is 33.3 Å². The minimum absolute atomic E-state index is 0.0307. The van der Waals surface area contributed by atoms with Crippen LogP contribution in [-0.2, 0) is 11.3 Å². The molecule has 22 heavy (non-hydrogen) atoms. The van der Waals surface area contributed by atoms with Crippen molar-refractivity contribution in [2.75, 3.05) is 18.9 Å². The summed E-state index contributed by atoms with van der Waals surface area (Å²) in [5.41, 5.74) is 2.90. The van der Waals surface area contributed by atoms with Crippen LogP contribution in [0.25, 0.3) is 0 Å². The number of rotatable bonds is 5. The fourth-order valence-corrected chi connectivity index (χ4v) is 2.51. The molecule has 0 aromatic heterocycles. The third kappa shape index (κ3) is 5.02. The van der Waals surface area contributed by atoms with Gasteiger partial charge < -0.3 is 10.2 Å². The van der Waals surface area contributed by atoms with Gasteiger partial charge in [-0.3, -0.25) is 4.79 Å². The molecule has 0 aliphatic heterocycles. The van der Waals surface area contributed by atoms with Crippen molar-refractivity contribution in [1.82, 2.24) is 0 Å². The fraction of sp³-hybridized carbons (Fsp3) is 0.235. The van der Waals surface area contributed by atoms with Gasteiger partial charge in [-0.15, -0.1) is 0 Å². The SMILES string of the molecule is Cc1ccc(Cl)cc1NC(=O)C[NH+](C)Cc1ccc(Cl)cc1. The second kappa shape index (κ2) is 7.63. The first-order chi connectivity index (χ1) is 10.4. The van der Waals surface area contributed by atoms with Gasteiger partial charge in [0.2, 0.25) is 0 Å². The molecule has 0 aliphatic carbocycles. The molecule has 2 N–H and O–H groups in total. The lowest BCUT2D eigenvalue weighted by molar-refractivity contribution is -0.885. The second-order valence-electron chi connectivity index (χ2n) is 5.44. The number of benzene rings is 2. The monoisotopic (exact) mass is 337 g/mol. The quantitative estimate of drug-likeness (QED) is 0.864. The Morgan fingerprint density at radius 3 is 2.41 bits per heavy atom. The van der Waals surface area contributed by atoms with E-state index < -0.39 is 0 Å². The van der Waals surface area contributed by atoms with Crippen LogP contribution in [0.5, 0.6) is 0 Å². The highest BCUT2D eigenvalue weighted by Crippen LogP contribution is 2.19. The molecule has 2 aromatic rings. The van der Waals surface area contributed by atoms with Crippen LogP contribution in [0.4, 0.5) is 5.69 Å². The van der Waals surface area contributed by atoms with E-state index in [-0.39, 0.29) is 5.91 Å². The summed E-state index contributed by atoms with van der Waals surface area (Å²) in [5, 5.41) is 4.24. The lowest BCUT2D eigenvalue weighted by atomic mass is 10.2. The molecule has 2 rings (SSSR count). The number of halogens is 2. The highest BCUT2D eigenvalue weighted by atomic mass is 35.5. The van der Waals surface area contributed by atoms with E-state index in [0.29, 0.717) is 11.6 Å². The third-order valence-electron chi connectivity index (χ3n) is 3.36. The van der Waals surface area contributed by atoms with E-state index in [4.69, 9.17) is 23.2 Å². The zero-order valence-corrected chi connectivity index (χ0v) is 14.1. The van der Waals surface area contributed by atoms with Crippen molar-refractivity contribution in [3.8, 4) is 0 Å². The summed E-state index contributed by atoms with van der Waals surface area (Å²) in [6, 6.07) is 13.1. The van der Waals surface area contributed by atoms with Gasteiger partial charge in [0, 0.05) is 21.3 Å².